The van der Waals surface area contributed by atoms with Gasteiger partial charge in [-0.2, -0.15) is 0 Å². The number of carbonyl (C=O) groups is 2. The molecule has 2 aliphatic heterocycles. The molecule has 0 radical (unpaired) electrons. The summed E-state index contributed by atoms with van der Waals surface area (Å²) in [7, 11) is 0. The van der Waals surface area contributed by atoms with Crippen LogP contribution in [0.2, 0.25) is 0 Å². The number of benzene rings is 2. The molecule has 9 nitrogen and oxygen atoms in total. The van der Waals surface area contributed by atoms with Gasteiger partial charge in [0, 0.05) is 77.3 Å². The first-order chi connectivity index (χ1) is 23.6. The molecule has 2 atom stereocenters. The quantitative estimate of drug-likeness (QED) is 0.365. The first kappa shape index (κ1) is 35.7. The first-order valence-corrected chi connectivity index (χ1v) is 18.9. The van der Waals surface area contributed by atoms with E-state index in [0.717, 1.165) is 59.6 Å². The van der Waals surface area contributed by atoms with Crippen LogP contribution in [0, 0.1) is 27.7 Å². The Morgan fingerprint density at radius 1 is 0.592 bits per heavy atom. The lowest BCUT2D eigenvalue weighted by Gasteiger charge is -2.41. The summed E-state index contributed by atoms with van der Waals surface area (Å²) >= 11 is 0. The molecule has 2 heterocycles. The van der Waals surface area contributed by atoms with Gasteiger partial charge in [-0.1, -0.05) is 49.9 Å². The Hall–Kier alpha value is -3.14. The van der Waals surface area contributed by atoms with E-state index in [2.05, 4.69) is 9.80 Å². The number of ether oxygens (including phenoxy) is 1. The van der Waals surface area contributed by atoms with Crippen LogP contribution >= 0.6 is 0 Å². The number of piperazine rings is 2. The number of hydrogen-bond donors (Lipinski definition) is 2. The van der Waals surface area contributed by atoms with Crippen molar-refractivity contribution in [2.45, 2.75) is 116 Å². The number of nitrogens with zero attached hydrogens (tertiary/aromatic N) is 4. The minimum atomic E-state index is -0.852. The Labute approximate surface area is 293 Å². The molecule has 0 bridgehead atoms. The van der Waals surface area contributed by atoms with E-state index >= 15 is 0 Å². The number of amides is 2. The fourth-order valence-electron chi connectivity index (χ4n) is 8.90. The number of rotatable bonds is 10. The zero-order chi connectivity index (χ0) is 34.7. The molecule has 9 heteroatoms. The van der Waals surface area contributed by atoms with Gasteiger partial charge in [-0.3, -0.25) is 19.4 Å². The molecule has 2 aromatic carbocycles. The van der Waals surface area contributed by atoms with E-state index in [1.165, 1.54) is 51.4 Å². The molecule has 0 spiro atoms. The van der Waals surface area contributed by atoms with Crippen molar-refractivity contribution in [3.05, 3.63) is 57.6 Å². The van der Waals surface area contributed by atoms with Crippen molar-refractivity contribution in [3.63, 3.8) is 0 Å². The maximum absolute atomic E-state index is 14.5. The molecule has 6 rings (SSSR count). The van der Waals surface area contributed by atoms with Crippen LogP contribution in [0.5, 0.6) is 11.5 Å². The summed E-state index contributed by atoms with van der Waals surface area (Å²) < 4.78 is 6.83. The number of aryl methyl sites for hydroxylation is 4. The lowest BCUT2D eigenvalue weighted by molar-refractivity contribution is -0.160. The van der Waals surface area contributed by atoms with Gasteiger partial charge in [-0.25, -0.2) is 0 Å². The Morgan fingerprint density at radius 3 is 1.20 bits per heavy atom. The van der Waals surface area contributed by atoms with Crippen LogP contribution in [0.25, 0.3) is 0 Å². The Morgan fingerprint density at radius 2 is 0.898 bits per heavy atom. The molecule has 2 amide bonds. The van der Waals surface area contributed by atoms with Crippen molar-refractivity contribution >= 4 is 11.8 Å². The van der Waals surface area contributed by atoms with Gasteiger partial charge in [0.05, 0.1) is 0 Å². The van der Waals surface area contributed by atoms with Gasteiger partial charge in [0.1, 0.15) is 23.7 Å². The second-order valence-corrected chi connectivity index (χ2v) is 15.3. The summed E-state index contributed by atoms with van der Waals surface area (Å²) in [4.78, 5) is 37.9. The predicted octanol–water partition coefficient (Wildman–Crippen LogP) is 5.04. The van der Waals surface area contributed by atoms with Crippen molar-refractivity contribution in [3.8, 4) is 11.5 Å². The molecule has 49 heavy (non-hydrogen) atoms. The number of hydrogen-bond acceptors (Lipinski definition) is 7. The second-order valence-electron chi connectivity index (χ2n) is 15.3. The Kier molecular flexibility index (Phi) is 11.5. The zero-order valence-corrected chi connectivity index (χ0v) is 30.3. The molecule has 4 aliphatic rings. The van der Waals surface area contributed by atoms with E-state index in [1.807, 2.05) is 61.8 Å². The van der Waals surface area contributed by atoms with Crippen LogP contribution < -0.4 is 0 Å². The maximum atomic E-state index is 14.5. The molecule has 2 saturated carbocycles. The van der Waals surface area contributed by atoms with Crippen molar-refractivity contribution in [2.75, 3.05) is 52.4 Å². The number of phenolic OH excluding ortho intramolecular Hbond substituents is 2. The van der Waals surface area contributed by atoms with E-state index in [1.54, 1.807) is 0 Å². The molecule has 2 saturated heterocycles. The average molecular weight is 675 g/mol. The monoisotopic (exact) mass is 674 g/mol. The average Bonchev–Trinajstić information content (AvgIpc) is 3.84. The van der Waals surface area contributed by atoms with E-state index in [-0.39, 0.29) is 23.3 Å². The zero-order valence-electron chi connectivity index (χ0n) is 30.3. The minimum Gasteiger partial charge on any atom is -0.507 e. The smallest absolute Gasteiger partial charge is 0.252 e. The summed E-state index contributed by atoms with van der Waals surface area (Å²) in [5.74, 6) is 0.379. The highest BCUT2D eigenvalue weighted by molar-refractivity contribution is 5.84. The van der Waals surface area contributed by atoms with Gasteiger partial charge < -0.3 is 24.7 Å². The third-order valence-electron chi connectivity index (χ3n) is 11.8. The van der Waals surface area contributed by atoms with Gasteiger partial charge in [-0.05, 0) is 86.8 Å². The molecule has 0 unspecified atom stereocenters. The summed E-state index contributed by atoms with van der Waals surface area (Å²) in [6.07, 6.45) is 9.06. The fourth-order valence-corrected chi connectivity index (χ4v) is 8.90. The van der Waals surface area contributed by atoms with Crippen molar-refractivity contribution in [1.29, 1.82) is 0 Å². The van der Waals surface area contributed by atoms with E-state index in [0.29, 0.717) is 51.1 Å². The van der Waals surface area contributed by atoms with Gasteiger partial charge in [0.25, 0.3) is 11.8 Å². The minimum absolute atomic E-state index is 0.0728. The standard InChI is InChI=1S/C40H58N4O5/c1-27-21-31(22-28(2)37(27)45)25-35(39(47)43-17-13-41(14-18-43)33-9-5-6-10-33)49-36(26-32-23-29(3)38(46)30(4)24-32)40(48)44-19-15-42(16-20-44)34-11-7-8-12-34/h21-24,33-36,45-46H,5-20,25-26H2,1-4H3/t35-,36-/m1/s1. The Balaban J connectivity index is 1.25. The largest absolute Gasteiger partial charge is 0.507 e. The fraction of sp³-hybridized carbons (Fsp3) is 0.650. The summed E-state index contributed by atoms with van der Waals surface area (Å²) in [6.45, 7) is 13.6. The van der Waals surface area contributed by atoms with Crippen molar-refractivity contribution in [1.82, 2.24) is 19.6 Å². The van der Waals surface area contributed by atoms with Gasteiger partial charge in [0.15, 0.2) is 0 Å². The molecule has 4 fully saturated rings. The summed E-state index contributed by atoms with van der Waals surface area (Å²) in [6, 6.07) is 8.96. The van der Waals surface area contributed by atoms with Crippen LogP contribution in [0.4, 0.5) is 0 Å². The van der Waals surface area contributed by atoms with Crippen LogP contribution in [0.1, 0.15) is 84.7 Å². The summed E-state index contributed by atoms with van der Waals surface area (Å²) in [5.41, 5.74) is 4.85. The summed E-state index contributed by atoms with van der Waals surface area (Å²) in [5, 5.41) is 21.0. The van der Waals surface area contributed by atoms with Crippen LogP contribution in [0.3, 0.4) is 0 Å². The number of phenols is 2. The molecule has 2 aromatic rings. The highest BCUT2D eigenvalue weighted by Crippen LogP contribution is 2.29. The molecular weight excluding hydrogens is 616 g/mol. The van der Waals surface area contributed by atoms with Crippen LogP contribution in [-0.2, 0) is 27.2 Å². The van der Waals surface area contributed by atoms with Crippen LogP contribution in [-0.4, -0.2) is 118 Å². The molecule has 2 aliphatic carbocycles. The lowest BCUT2D eigenvalue weighted by Crippen LogP contribution is -2.56. The number of carbonyl (C=O) groups excluding carboxylic acids is 2. The van der Waals surface area contributed by atoms with Crippen molar-refractivity contribution in [2.24, 2.45) is 0 Å². The van der Waals surface area contributed by atoms with Crippen molar-refractivity contribution < 1.29 is 24.5 Å². The lowest BCUT2D eigenvalue weighted by atomic mass is 9.98. The van der Waals surface area contributed by atoms with Crippen LogP contribution in [0.15, 0.2) is 24.3 Å². The molecular formula is C40H58N4O5. The highest BCUT2D eigenvalue weighted by atomic mass is 16.5. The normalized spacial score (nSPS) is 21.4. The van der Waals surface area contributed by atoms with E-state index in [4.69, 9.17) is 4.74 Å². The topological polar surface area (TPSA) is 96.8 Å². The first-order valence-electron chi connectivity index (χ1n) is 18.9. The third-order valence-corrected chi connectivity index (χ3v) is 11.8. The highest BCUT2D eigenvalue weighted by Gasteiger charge is 2.37. The SMILES string of the molecule is Cc1cc(C[C@@H](O[C@H](Cc2cc(C)c(O)c(C)c2)C(=O)N2CCN(C3CCCC3)CC2)C(=O)N2CCN(C3CCCC3)CC2)cc(C)c1O. The van der Waals surface area contributed by atoms with Gasteiger partial charge >= 0.3 is 0 Å². The Bertz CT molecular complexity index is 1310. The molecule has 268 valence electrons. The van der Waals surface area contributed by atoms with E-state index < -0.39 is 12.2 Å². The molecule has 0 aromatic heterocycles. The number of aromatic hydroxyl groups is 2. The molecule has 2 N–H and O–H groups in total. The van der Waals surface area contributed by atoms with Gasteiger partial charge in [0.2, 0.25) is 0 Å². The van der Waals surface area contributed by atoms with Gasteiger partial charge in [-0.15, -0.1) is 0 Å². The third kappa shape index (κ3) is 8.43. The second kappa shape index (κ2) is 15.8. The predicted molar refractivity (Wildman–Crippen MR) is 192 cm³/mol. The van der Waals surface area contributed by atoms with E-state index in [9.17, 15) is 19.8 Å². The maximum Gasteiger partial charge on any atom is 0.252 e.